The van der Waals surface area contributed by atoms with Gasteiger partial charge < -0.3 is 5.11 Å². The Morgan fingerprint density at radius 1 is 1.50 bits per heavy atom. The van der Waals surface area contributed by atoms with Crippen LogP contribution in [0.3, 0.4) is 0 Å². The first-order valence-corrected chi connectivity index (χ1v) is 7.29. The van der Waals surface area contributed by atoms with Crippen molar-refractivity contribution in [3.05, 3.63) is 48.0 Å². The Morgan fingerprint density at radius 2 is 2.20 bits per heavy atom. The number of rotatable bonds is 7. The summed E-state index contributed by atoms with van der Waals surface area (Å²) in [5.74, 6) is -1.59. The lowest BCUT2D eigenvalue weighted by Gasteiger charge is -2.18. The Balaban J connectivity index is 2.99. The molecule has 0 amide bonds. The van der Waals surface area contributed by atoms with Crippen LogP contribution in [0.4, 0.5) is 0 Å². The largest absolute Gasteiger partial charge is 0.480 e. The molecule has 0 aliphatic carbocycles. The van der Waals surface area contributed by atoms with Crippen molar-refractivity contribution in [2.45, 2.75) is 5.75 Å². The fourth-order valence-corrected chi connectivity index (χ4v) is 3.03. The van der Waals surface area contributed by atoms with Crippen LogP contribution in [0.15, 0.2) is 36.9 Å². The Labute approximate surface area is 117 Å². The summed E-state index contributed by atoms with van der Waals surface area (Å²) in [6.07, 6.45) is 1.33. The van der Waals surface area contributed by atoms with Gasteiger partial charge in [0.25, 0.3) is 0 Å². The minimum absolute atomic E-state index is 0.0768. The number of nitriles is 1. The number of carboxylic acid groups (broad SMARTS) is 1. The summed E-state index contributed by atoms with van der Waals surface area (Å²) in [6, 6.07) is 8.10. The third-order valence-corrected chi connectivity index (χ3v) is 4.21. The summed E-state index contributed by atoms with van der Waals surface area (Å²) in [4.78, 5) is 10.7. The fraction of sp³-hybridized carbons (Fsp3) is 0.231. The fourth-order valence-electron chi connectivity index (χ4n) is 1.60. The van der Waals surface area contributed by atoms with Crippen LogP contribution in [0.5, 0.6) is 0 Å². The predicted molar refractivity (Wildman–Crippen MR) is 73.2 cm³/mol. The van der Waals surface area contributed by atoms with E-state index in [4.69, 9.17) is 10.4 Å². The van der Waals surface area contributed by atoms with Gasteiger partial charge in [-0.15, -0.1) is 6.58 Å². The first-order chi connectivity index (χ1) is 9.39. The molecule has 0 fully saturated rings. The highest BCUT2D eigenvalue weighted by molar-refractivity contribution is 7.88. The number of aliphatic carboxylic acids is 1. The van der Waals surface area contributed by atoms with Gasteiger partial charge >= 0.3 is 5.97 Å². The molecule has 0 aromatic heterocycles. The highest BCUT2D eigenvalue weighted by Gasteiger charge is 2.23. The van der Waals surface area contributed by atoms with Crippen molar-refractivity contribution >= 4 is 16.0 Å². The zero-order valence-electron chi connectivity index (χ0n) is 10.7. The van der Waals surface area contributed by atoms with E-state index in [0.29, 0.717) is 11.1 Å². The highest BCUT2D eigenvalue weighted by atomic mass is 32.2. The van der Waals surface area contributed by atoms with Crippen LogP contribution in [0, 0.1) is 11.3 Å². The Hall–Kier alpha value is -2.17. The molecule has 1 N–H and O–H groups in total. The summed E-state index contributed by atoms with van der Waals surface area (Å²) in [7, 11) is -3.79. The van der Waals surface area contributed by atoms with E-state index in [9.17, 15) is 13.2 Å². The van der Waals surface area contributed by atoms with Crippen molar-refractivity contribution in [3.63, 3.8) is 0 Å². The smallest absolute Gasteiger partial charge is 0.318 e. The van der Waals surface area contributed by atoms with Gasteiger partial charge in [-0.3, -0.25) is 4.79 Å². The topological polar surface area (TPSA) is 98.5 Å². The number of carboxylic acids is 1. The lowest BCUT2D eigenvalue weighted by atomic mass is 10.2. The summed E-state index contributed by atoms with van der Waals surface area (Å²) in [6.45, 7) is 2.72. The summed E-state index contributed by atoms with van der Waals surface area (Å²) >= 11 is 0. The van der Waals surface area contributed by atoms with Gasteiger partial charge in [0, 0.05) is 6.54 Å². The van der Waals surface area contributed by atoms with Crippen molar-refractivity contribution in [2.24, 2.45) is 0 Å². The maximum atomic E-state index is 12.2. The molecule has 0 spiro atoms. The van der Waals surface area contributed by atoms with Crippen LogP contribution in [-0.2, 0) is 20.6 Å². The molecule has 6 nitrogen and oxygen atoms in total. The lowest BCUT2D eigenvalue weighted by molar-refractivity contribution is -0.137. The summed E-state index contributed by atoms with van der Waals surface area (Å²) in [5, 5.41) is 17.5. The molecule has 0 atom stereocenters. The second kappa shape index (κ2) is 6.84. The van der Waals surface area contributed by atoms with E-state index in [2.05, 4.69) is 6.58 Å². The Kier molecular flexibility index (Phi) is 5.43. The SMILES string of the molecule is C=CCN(CC(=O)O)S(=O)(=O)Cc1cccc(C#N)c1. The average molecular weight is 294 g/mol. The molecular weight excluding hydrogens is 280 g/mol. The molecular formula is C13H14N2O4S. The van der Waals surface area contributed by atoms with E-state index in [-0.39, 0.29) is 12.3 Å². The minimum atomic E-state index is -3.79. The van der Waals surface area contributed by atoms with Crippen molar-refractivity contribution in [3.8, 4) is 6.07 Å². The van der Waals surface area contributed by atoms with Gasteiger partial charge in [-0.1, -0.05) is 18.2 Å². The maximum absolute atomic E-state index is 12.2. The second-order valence-electron chi connectivity index (χ2n) is 4.04. The van der Waals surface area contributed by atoms with E-state index in [1.54, 1.807) is 18.2 Å². The number of hydrogen-bond donors (Lipinski definition) is 1. The first kappa shape index (κ1) is 15.9. The van der Waals surface area contributed by atoms with E-state index in [1.165, 1.54) is 12.1 Å². The molecule has 0 saturated heterocycles. The molecule has 7 heteroatoms. The molecule has 0 saturated carbocycles. The molecule has 0 heterocycles. The normalized spacial score (nSPS) is 11.0. The summed E-state index contributed by atoms with van der Waals surface area (Å²) in [5.41, 5.74) is 0.787. The van der Waals surface area contributed by atoms with E-state index in [1.807, 2.05) is 6.07 Å². The van der Waals surface area contributed by atoms with Crippen molar-refractivity contribution in [1.82, 2.24) is 4.31 Å². The van der Waals surface area contributed by atoms with Gasteiger partial charge in [-0.25, -0.2) is 8.42 Å². The number of carbonyl (C=O) groups is 1. The predicted octanol–water partition coefficient (Wildman–Crippen LogP) is 0.961. The van der Waals surface area contributed by atoms with E-state index < -0.39 is 22.5 Å². The standard InChI is InChI=1S/C13H14N2O4S/c1-2-6-15(9-13(16)17)20(18,19)10-12-5-3-4-11(7-12)8-14/h2-5,7H,1,6,9-10H2,(H,16,17). The van der Waals surface area contributed by atoms with Crippen LogP contribution >= 0.6 is 0 Å². The maximum Gasteiger partial charge on any atom is 0.318 e. The number of nitrogens with zero attached hydrogens (tertiary/aromatic N) is 2. The third kappa shape index (κ3) is 4.50. The van der Waals surface area contributed by atoms with E-state index >= 15 is 0 Å². The lowest BCUT2D eigenvalue weighted by Crippen LogP contribution is -2.36. The second-order valence-corrected chi connectivity index (χ2v) is 6.01. The molecule has 106 valence electrons. The van der Waals surface area contributed by atoms with Gasteiger partial charge in [0.1, 0.15) is 6.54 Å². The van der Waals surface area contributed by atoms with Gasteiger partial charge in [-0.2, -0.15) is 9.57 Å². The van der Waals surface area contributed by atoms with Crippen LogP contribution in [0.2, 0.25) is 0 Å². The van der Waals surface area contributed by atoms with Crippen LogP contribution < -0.4 is 0 Å². The molecule has 1 aromatic carbocycles. The molecule has 20 heavy (non-hydrogen) atoms. The van der Waals surface area contributed by atoms with Crippen molar-refractivity contribution in [1.29, 1.82) is 5.26 Å². The number of benzene rings is 1. The minimum Gasteiger partial charge on any atom is -0.480 e. The van der Waals surface area contributed by atoms with Crippen LogP contribution in [0.25, 0.3) is 0 Å². The number of hydrogen-bond acceptors (Lipinski definition) is 4. The monoisotopic (exact) mass is 294 g/mol. The molecule has 0 unspecified atom stereocenters. The molecule has 0 aliphatic heterocycles. The molecule has 1 aromatic rings. The Bertz CT molecular complexity index is 647. The highest BCUT2D eigenvalue weighted by Crippen LogP contribution is 2.12. The Morgan fingerprint density at radius 3 is 2.75 bits per heavy atom. The van der Waals surface area contributed by atoms with Gasteiger partial charge in [0.05, 0.1) is 17.4 Å². The average Bonchev–Trinajstić information content (AvgIpc) is 2.37. The van der Waals surface area contributed by atoms with Crippen molar-refractivity contribution in [2.75, 3.05) is 13.1 Å². The molecule has 1 rings (SSSR count). The van der Waals surface area contributed by atoms with E-state index in [0.717, 1.165) is 4.31 Å². The summed E-state index contributed by atoms with van der Waals surface area (Å²) < 4.78 is 25.1. The zero-order valence-corrected chi connectivity index (χ0v) is 11.5. The van der Waals surface area contributed by atoms with Gasteiger partial charge in [-0.05, 0) is 17.7 Å². The molecule has 0 bridgehead atoms. The first-order valence-electron chi connectivity index (χ1n) is 5.68. The zero-order chi connectivity index (χ0) is 15.2. The van der Waals surface area contributed by atoms with Crippen LogP contribution in [0.1, 0.15) is 11.1 Å². The third-order valence-electron chi connectivity index (χ3n) is 2.44. The van der Waals surface area contributed by atoms with Gasteiger partial charge in [0.15, 0.2) is 0 Å². The molecule has 0 aliphatic rings. The van der Waals surface area contributed by atoms with Crippen LogP contribution in [-0.4, -0.2) is 36.9 Å². The quantitative estimate of drug-likeness (QED) is 0.755. The number of sulfonamides is 1. The van der Waals surface area contributed by atoms with Gasteiger partial charge in [0.2, 0.25) is 10.0 Å². The molecule has 0 radical (unpaired) electrons. The van der Waals surface area contributed by atoms with Crippen molar-refractivity contribution < 1.29 is 18.3 Å².